The van der Waals surface area contributed by atoms with Crippen molar-refractivity contribution in [3.8, 4) is 5.75 Å². The van der Waals surface area contributed by atoms with E-state index in [1.165, 1.54) is 17.0 Å². The smallest absolute Gasteiger partial charge is 0.326 e. The Balaban J connectivity index is 1.88. The van der Waals surface area contributed by atoms with E-state index in [2.05, 4.69) is 31.3 Å². The molecule has 0 bridgehead atoms. The van der Waals surface area contributed by atoms with E-state index < -0.39 is 71.8 Å². The number of carbonyl (C=O) groups is 6. The maximum atomic E-state index is 14.2. The Kier molecular flexibility index (Phi) is 19.7. The van der Waals surface area contributed by atoms with E-state index in [1.807, 2.05) is 13.8 Å². The maximum Gasteiger partial charge on any atom is 0.326 e. The van der Waals surface area contributed by atoms with Gasteiger partial charge in [0.25, 0.3) is 0 Å². The molecular formula is C41H62N12O8. The lowest BCUT2D eigenvalue weighted by Crippen LogP contribution is -2.59. The SMILES string of the molecule is CC(C)C[C@H](NC(=O)[C@H](Cc1ccccc1)NC(=O)[C@H](Cc1ccc(O)cc1)NC(=O)[C@@H]1CCCN1C(=O)[C@H](CCCN=C(N)N)NC(=O)[C@@H](N)CCCN=C(N)N)C(=O)O. The molecule has 1 fully saturated rings. The minimum atomic E-state index is -1.29. The molecule has 0 radical (unpaired) electrons. The molecule has 1 aliphatic rings. The molecule has 2 aromatic carbocycles. The number of phenolic OH excluding ortho intramolecular Hbond substituents is 1. The summed E-state index contributed by atoms with van der Waals surface area (Å²) in [4.78, 5) is 90.8. The number of hydrogen-bond donors (Lipinski definition) is 11. The number of phenols is 1. The van der Waals surface area contributed by atoms with Crippen LogP contribution in [0, 0.1) is 5.92 Å². The molecule has 0 aliphatic carbocycles. The molecule has 16 N–H and O–H groups in total. The number of carboxylic acid groups (broad SMARTS) is 1. The molecule has 2 aromatic rings. The molecule has 5 amide bonds. The Hall–Kier alpha value is -6.44. The van der Waals surface area contributed by atoms with E-state index in [0.29, 0.717) is 30.4 Å². The van der Waals surface area contributed by atoms with Crippen molar-refractivity contribution in [2.75, 3.05) is 19.6 Å². The second kappa shape index (κ2) is 24.6. The van der Waals surface area contributed by atoms with Crippen LogP contribution < -0.4 is 49.9 Å². The zero-order valence-electron chi connectivity index (χ0n) is 34.8. The van der Waals surface area contributed by atoms with E-state index >= 15 is 0 Å². The molecule has 334 valence electrons. The van der Waals surface area contributed by atoms with Gasteiger partial charge in [0, 0.05) is 32.5 Å². The molecule has 3 rings (SSSR count). The third-order valence-corrected chi connectivity index (χ3v) is 9.95. The van der Waals surface area contributed by atoms with Gasteiger partial charge in [0.15, 0.2) is 11.9 Å². The Morgan fingerprint density at radius 1 is 0.721 bits per heavy atom. The fourth-order valence-corrected chi connectivity index (χ4v) is 6.83. The largest absolute Gasteiger partial charge is 0.508 e. The second-order valence-electron chi connectivity index (χ2n) is 15.5. The summed E-state index contributed by atoms with van der Waals surface area (Å²) >= 11 is 0. The van der Waals surface area contributed by atoms with Gasteiger partial charge in [-0.1, -0.05) is 56.3 Å². The first-order chi connectivity index (χ1) is 28.9. The molecule has 1 aliphatic heterocycles. The number of carboxylic acids is 1. The molecule has 0 spiro atoms. The van der Waals surface area contributed by atoms with E-state index in [-0.39, 0.29) is 81.7 Å². The first-order valence-electron chi connectivity index (χ1n) is 20.4. The van der Waals surface area contributed by atoms with Gasteiger partial charge in [-0.2, -0.15) is 0 Å². The summed E-state index contributed by atoms with van der Waals surface area (Å²) in [7, 11) is 0. The van der Waals surface area contributed by atoms with Gasteiger partial charge in [-0.15, -0.1) is 0 Å². The van der Waals surface area contributed by atoms with Gasteiger partial charge in [-0.05, 0) is 74.1 Å². The number of nitrogens with zero attached hydrogens (tertiary/aromatic N) is 3. The monoisotopic (exact) mass is 850 g/mol. The first kappa shape index (κ1) is 48.9. The molecule has 1 saturated heterocycles. The molecule has 61 heavy (non-hydrogen) atoms. The number of benzene rings is 2. The normalized spacial score (nSPS) is 15.9. The summed E-state index contributed by atoms with van der Waals surface area (Å²) < 4.78 is 0. The number of rotatable bonds is 24. The van der Waals surface area contributed by atoms with Crippen LogP contribution in [0.5, 0.6) is 5.75 Å². The standard InChI is InChI=1S/C41H62N12O8/c1-24(2)21-32(39(60)61)52-36(57)30(22-25-9-4-3-5-10-25)50-35(56)31(23-26-14-16-27(54)17-15-26)51-37(58)33-13-8-20-53(33)38(59)29(12-7-19-48-41(45)46)49-34(55)28(42)11-6-18-47-40(43)44/h3-5,9-10,14-17,24,28-33,54H,6-8,11-13,18-23,42H2,1-2H3,(H,49,55)(H,50,56)(H,51,58)(H,52,57)(H,60,61)(H4,43,44,47)(H4,45,46,48)/t28-,29-,30-,31-,32-,33-/m0/s1. The number of guanidine groups is 2. The summed E-state index contributed by atoms with van der Waals surface area (Å²) in [6, 6.07) is 7.96. The second-order valence-corrected chi connectivity index (χ2v) is 15.5. The molecule has 1 heterocycles. The third-order valence-electron chi connectivity index (χ3n) is 9.95. The summed E-state index contributed by atoms with van der Waals surface area (Å²) in [5.41, 5.74) is 29.1. The van der Waals surface area contributed by atoms with Crippen LogP contribution in [0.1, 0.15) is 69.9 Å². The minimum Gasteiger partial charge on any atom is -0.508 e. The van der Waals surface area contributed by atoms with E-state index in [1.54, 1.807) is 42.5 Å². The van der Waals surface area contributed by atoms with Crippen molar-refractivity contribution in [3.05, 3.63) is 65.7 Å². The molecular weight excluding hydrogens is 789 g/mol. The van der Waals surface area contributed by atoms with Crippen molar-refractivity contribution in [2.24, 2.45) is 44.6 Å². The summed E-state index contributed by atoms with van der Waals surface area (Å²) in [5, 5.41) is 30.6. The van der Waals surface area contributed by atoms with Gasteiger partial charge < -0.3 is 65.0 Å². The fourth-order valence-electron chi connectivity index (χ4n) is 6.83. The predicted molar refractivity (Wildman–Crippen MR) is 229 cm³/mol. The fraction of sp³-hybridized carbons (Fsp3) is 0.512. The highest BCUT2D eigenvalue weighted by Gasteiger charge is 2.39. The van der Waals surface area contributed by atoms with Crippen molar-refractivity contribution in [2.45, 2.75) is 108 Å². The van der Waals surface area contributed by atoms with Crippen LogP contribution in [-0.4, -0.2) is 118 Å². The number of nitrogens with two attached hydrogens (primary N) is 5. The molecule has 0 aromatic heterocycles. The van der Waals surface area contributed by atoms with Crippen molar-refractivity contribution in [3.63, 3.8) is 0 Å². The Morgan fingerprint density at radius 3 is 1.80 bits per heavy atom. The Bertz CT molecular complexity index is 1840. The number of aliphatic imine (C=N–C) groups is 2. The number of carbonyl (C=O) groups excluding carboxylic acids is 5. The van der Waals surface area contributed by atoms with Crippen molar-refractivity contribution >= 4 is 47.4 Å². The van der Waals surface area contributed by atoms with Crippen LogP contribution in [0.3, 0.4) is 0 Å². The molecule has 0 saturated carbocycles. The van der Waals surface area contributed by atoms with E-state index in [9.17, 15) is 39.0 Å². The predicted octanol–water partition coefficient (Wildman–Crippen LogP) is -1.33. The van der Waals surface area contributed by atoms with Crippen LogP contribution >= 0.6 is 0 Å². The lowest BCUT2D eigenvalue weighted by atomic mass is 10.0. The minimum absolute atomic E-state index is 0.00737. The topological polar surface area (TPSA) is 349 Å². The van der Waals surface area contributed by atoms with Crippen molar-refractivity contribution < 1.29 is 39.0 Å². The van der Waals surface area contributed by atoms with Crippen LogP contribution in [0.2, 0.25) is 0 Å². The van der Waals surface area contributed by atoms with Gasteiger partial charge in [0.05, 0.1) is 6.04 Å². The van der Waals surface area contributed by atoms with Crippen LogP contribution in [0.25, 0.3) is 0 Å². The van der Waals surface area contributed by atoms with E-state index in [4.69, 9.17) is 28.7 Å². The van der Waals surface area contributed by atoms with Gasteiger partial charge in [0.1, 0.15) is 36.0 Å². The molecule has 20 nitrogen and oxygen atoms in total. The van der Waals surface area contributed by atoms with Crippen molar-refractivity contribution in [1.82, 2.24) is 26.2 Å². The van der Waals surface area contributed by atoms with Crippen LogP contribution in [0.15, 0.2) is 64.6 Å². The third kappa shape index (κ3) is 17.0. The number of nitrogens with one attached hydrogen (secondary N) is 4. The van der Waals surface area contributed by atoms with Crippen molar-refractivity contribution in [1.29, 1.82) is 0 Å². The highest BCUT2D eigenvalue weighted by Crippen LogP contribution is 2.21. The maximum absolute atomic E-state index is 14.2. The van der Waals surface area contributed by atoms with Gasteiger partial charge in [0.2, 0.25) is 29.5 Å². The number of aromatic hydroxyl groups is 1. The van der Waals surface area contributed by atoms with Crippen LogP contribution in [0.4, 0.5) is 0 Å². The Morgan fingerprint density at radius 2 is 1.25 bits per heavy atom. The van der Waals surface area contributed by atoms with Crippen LogP contribution in [-0.2, 0) is 41.6 Å². The average molecular weight is 851 g/mol. The first-order valence-corrected chi connectivity index (χ1v) is 20.4. The number of amides is 5. The zero-order valence-corrected chi connectivity index (χ0v) is 34.8. The zero-order chi connectivity index (χ0) is 45.1. The summed E-state index contributed by atoms with van der Waals surface area (Å²) in [5.74, 6) is -4.80. The molecule has 20 heteroatoms. The molecule has 0 unspecified atom stereocenters. The lowest BCUT2D eigenvalue weighted by Gasteiger charge is -2.30. The Labute approximate surface area is 355 Å². The number of aliphatic carboxylic acids is 1. The van der Waals surface area contributed by atoms with E-state index in [0.717, 1.165) is 0 Å². The highest BCUT2D eigenvalue weighted by atomic mass is 16.4. The van der Waals surface area contributed by atoms with Gasteiger partial charge in [-0.25, -0.2) is 4.79 Å². The summed E-state index contributed by atoms with van der Waals surface area (Å²) in [6.45, 7) is 4.25. The quantitative estimate of drug-likeness (QED) is 0.0332. The number of hydrogen-bond acceptors (Lipinski definition) is 10. The average Bonchev–Trinajstić information content (AvgIpc) is 3.70. The van der Waals surface area contributed by atoms with Gasteiger partial charge >= 0.3 is 5.97 Å². The lowest BCUT2D eigenvalue weighted by molar-refractivity contribution is -0.143. The molecule has 6 atom stereocenters. The number of likely N-dealkylation sites (tertiary alicyclic amines) is 1. The van der Waals surface area contributed by atoms with Gasteiger partial charge in [-0.3, -0.25) is 34.0 Å². The summed E-state index contributed by atoms with van der Waals surface area (Å²) in [6.07, 6.45) is 1.82. The highest BCUT2D eigenvalue weighted by molar-refractivity contribution is 5.97.